The third kappa shape index (κ3) is 2.83. The van der Waals surface area contributed by atoms with Gasteiger partial charge >= 0.3 is 0 Å². The number of piperidine rings is 1. The van der Waals surface area contributed by atoms with E-state index in [9.17, 15) is 0 Å². The van der Waals surface area contributed by atoms with Gasteiger partial charge < -0.3 is 9.80 Å². The van der Waals surface area contributed by atoms with Crippen LogP contribution in [0.5, 0.6) is 0 Å². The van der Waals surface area contributed by atoms with E-state index in [0.717, 1.165) is 37.0 Å². The van der Waals surface area contributed by atoms with E-state index in [0.29, 0.717) is 11.1 Å². The van der Waals surface area contributed by atoms with Gasteiger partial charge in [-0.05, 0) is 12.8 Å². The molecule has 6 nitrogen and oxygen atoms in total. The third-order valence-corrected chi connectivity index (χ3v) is 4.50. The molecule has 1 aliphatic rings. The summed E-state index contributed by atoms with van der Waals surface area (Å²) in [5, 5.41) is 9.58. The Labute approximate surface area is 126 Å². The molecule has 0 N–H and O–H groups in total. The van der Waals surface area contributed by atoms with Crippen molar-refractivity contribution in [2.75, 3.05) is 29.9 Å². The fraction of sp³-hybridized carbons (Fsp3) is 0.500. The molecule has 0 bridgehead atoms. The Morgan fingerprint density at radius 3 is 2.60 bits per heavy atom. The number of nitrogens with zero attached hydrogens (tertiary/aromatic N) is 6. The molecule has 2 aromatic rings. The van der Waals surface area contributed by atoms with E-state index in [1.807, 2.05) is 7.05 Å². The standard InChI is InChI=1S/C12H15ClN6S/c1-18(11-14-6-9(13)7-15-11)10-2-4-19(5-3-10)12-17-16-8-20-12/h6-8,10H,2-5H2,1H3. The highest BCUT2D eigenvalue weighted by Crippen LogP contribution is 2.24. The molecule has 0 aromatic carbocycles. The normalized spacial score (nSPS) is 16.4. The predicted octanol–water partition coefficient (Wildman–Crippen LogP) is 2.09. The summed E-state index contributed by atoms with van der Waals surface area (Å²) in [5.74, 6) is 0.726. The lowest BCUT2D eigenvalue weighted by molar-refractivity contribution is 0.476. The quantitative estimate of drug-likeness (QED) is 0.865. The van der Waals surface area contributed by atoms with Crippen LogP contribution in [-0.2, 0) is 0 Å². The topological polar surface area (TPSA) is 58.0 Å². The summed E-state index contributed by atoms with van der Waals surface area (Å²) in [6.07, 6.45) is 5.39. The van der Waals surface area contributed by atoms with Crippen LogP contribution in [0, 0.1) is 0 Å². The van der Waals surface area contributed by atoms with Gasteiger partial charge in [0.1, 0.15) is 5.51 Å². The Kier molecular flexibility index (Phi) is 3.98. The van der Waals surface area contributed by atoms with E-state index in [-0.39, 0.29) is 0 Å². The molecule has 106 valence electrons. The van der Waals surface area contributed by atoms with Gasteiger partial charge in [-0.2, -0.15) is 0 Å². The molecule has 1 saturated heterocycles. The first-order chi connectivity index (χ1) is 9.74. The number of aromatic nitrogens is 4. The van der Waals surface area contributed by atoms with Crippen molar-refractivity contribution in [2.24, 2.45) is 0 Å². The highest BCUT2D eigenvalue weighted by molar-refractivity contribution is 7.13. The van der Waals surface area contributed by atoms with Gasteiger partial charge in [0.25, 0.3) is 0 Å². The molecule has 2 aromatic heterocycles. The summed E-state index contributed by atoms with van der Waals surface area (Å²) < 4.78 is 0. The second-order valence-corrected chi connectivity index (χ2v) is 6.00. The molecule has 0 atom stereocenters. The van der Waals surface area contributed by atoms with Crippen molar-refractivity contribution < 1.29 is 0 Å². The van der Waals surface area contributed by atoms with Crippen LogP contribution >= 0.6 is 22.9 Å². The van der Waals surface area contributed by atoms with Crippen LogP contribution < -0.4 is 9.80 Å². The maximum Gasteiger partial charge on any atom is 0.225 e. The maximum absolute atomic E-state index is 5.82. The minimum atomic E-state index is 0.445. The Morgan fingerprint density at radius 2 is 2.00 bits per heavy atom. The Morgan fingerprint density at radius 1 is 1.30 bits per heavy atom. The summed E-state index contributed by atoms with van der Waals surface area (Å²) in [6.45, 7) is 1.97. The maximum atomic E-state index is 5.82. The lowest BCUT2D eigenvalue weighted by atomic mass is 10.0. The summed E-state index contributed by atoms with van der Waals surface area (Å²) in [6, 6.07) is 0.445. The Balaban J connectivity index is 1.61. The van der Waals surface area contributed by atoms with Crippen LogP contribution in [0.3, 0.4) is 0 Å². The van der Waals surface area contributed by atoms with Gasteiger partial charge in [-0.3, -0.25) is 0 Å². The van der Waals surface area contributed by atoms with Crippen molar-refractivity contribution in [2.45, 2.75) is 18.9 Å². The molecule has 1 fully saturated rings. The summed E-state index contributed by atoms with van der Waals surface area (Å²) in [5.41, 5.74) is 1.77. The van der Waals surface area contributed by atoms with Crippen molar-refractivity contribution in [3.8, 4) is 0 Å². The van der Waals surface area contributed by atoms with Gasteiger partial charge in [0.2, 0.25) is 11.1 Å². The second kappa shape index (κ2) is 5.88. The fourth-order valence-corrected chi connectivity index (χ4v) is 3.11. The zero-order valence-electron chi connectivity index (χ0n) is 11.1. The summed E-state index contributed by atoms with van der Waals surface area (Å²) >= 11 is 7.40. The molecule has 1 aliphatic heterocycles. The highest BCUT2D eigenvalue weighted by atomic mass is 35.5. The van der Waals surface area contributed by atoms with E-state index in [4.69, 9.17) is 11.6 Å². The van der Waals surface area contributed by atoms with Crippen molar-refractivity contribution in [1.29, 1.82) is 0 Å². The number of hydrogen-bond donors (Lipinski definition) is 0. The monoisotopic (exact) mass is 310 g/mol. The van der Waals surface area contributed by atoms with Crippen LogP contribution in [0.4, 0.5) is 11.1 Å². The average Bonchev–Trinajstić information content (AvgIpc) is 3.02. The fourth-order valence-electron chi connectivity index (χ4n) is 2.40. The third-order valence-electron chi connectivity index (χ3n) is 3.55. The minimum absolute atomic E-state index is 0.445. The molecule has 0 spiro atoms. The Hall–Kier alpha value is -1.47. The van der Waals surface area contributed by atoms with Gasteiger partial charge in [-0.25, -0.2) is 9.97 Å². The molecule has 20 heavy (non-hydrogen) atoms. The van der Waals surface area contributed by atoms with Crippen LogP contribution in [0.25, 0.3) is 0 Å². The highest BCUT2D eigenvalue weighted by Gasteiger charge is 2.25. The lowest BCUT2D eigenvalue weighted by Gasteiger charge is -2.36. The van der Waals surface area contributed by atoms with Crippen LogP contribution in [0.2, 0.25) is 5.02 Å². The number of hydrogen-bond acceptors (Lipinski definition) is 7. The number of rotatable bonds is 3. The van der Waals surface area contributed by atoms with Crippen molar-refractivity contribution >= 4 is 34.0 Å². The first-order valence-electron chi connectivity index (χ1n) is 6.45. The lowest BCUT2D eigenvalue weighted by Crippen LogP contribution is -2.44. The van der Waals surface area contributed by atoms with E-state index in [1.54, 1.807) is 29.2 Å². The van der Waals surface area contributed by atoms with Crippen LogP contribution in [0.1, 0.15) is 12.8 Å². The zero-order chi connectivity index (χ0) is 13.9. The zero-order valence-corrected chi connectivity index (χ0v) is 12.7. The molecule has 3 heterocycles. The van der Waals surface area contributed by atoms with Gasteiger partial charge in [0.15, 0.2) is 0 Å². The number of halogens is 1. The van der Waals surface area contributed by atoms with Crippen LogP contribution in [0.15, 0.2) is 17.9 Å². The van der Waals surface area contributed by atoms with Gasteiger partial charge in [-0.15, -0.1) is 10.2 Å². The molecule has 0 saturated carbocycles. The second-order valence-electron chi connectivity index (χ2n) is 4.75. The van der Waals surface area contributed by atoms with Gasteiger partial charge in [0.05, 0.1) is 17.4 Å². The molecular formula is C12H15ClN6S. The molecule has 0 aliphatic carbocycles. The molecule has 8 heteroatoms. The van der Waals surface area contributed by atoms with E-state index in [1.165, 1.54) is 0 Å². The van der Waals surface area contributed by atoms with Gasteiger partial charge in [0, 0.05) is 26.2 Å². The molecule has 0 amide bonds. The predicted molar refractivity (Wildman–Crippen MR) is 80.6 cm³/mol. The van der Waals surface area contributed by atoms with Gasteiger partial charge in [-0.1, -0.05) is 22.9 Å². The first kappa shape index (κ1) is 13.5. The smallest absolute Gasteiger partial charge is 0.225 e. The van der Waals surface area contributed by atoms with Crippen molar-refractivity contribution in [1.82, 2.24) is 20.2 Å². The molecular weight excluding hydrogens is 296 g/mol. The summed E-state index contributed by atoms with van der Waals surface area (Å²) in [7, 11) is 2.04. The Bertz CT molecular complexity index is 538. The molecule has 0 radical (unpaired) electrons. The van der Waals surface area contributed by atoms with Crippen molar-refractivity contribution in [3.63, 3.8) is 0 Å². The summed E-state index contributed by atoms with van der Waals surface area (Å²) in [4.78, 5) is 13.0. The van der Waals surface area contributed by atoms with E-state index in [2.05, 4.69) is 30.0 Å². The van der Waals surface area contributed by atoms with Crippen LogP contribution in [-0.4, -0.2) is 46.3 Å². The van der Waals surface area contributed by atoms with E-state index >= 15 is 0 Å². The largest absolute Gasteiger partial charge is 0.347 e. The molecule has 3 rings (SSSR count). The molecule has 0 unspecified atom stereocenters. The number of anilines is 2. The minimum Gasteiger partial charge on any atom is -0.347 e. The SMILES string of the molecule is CN(c1ncc(Cl)cn1)C1CCN(c2nncs2)CC1. The van der Waals surface area contributed by atoms with Crippen molar-refractivity contribution in [3.05, 3.63) is 22.9 Å². The van der Waals surface area contributed by atoms with E-state index < -0.39 is 0 Å². The average molecular weight is 311 g/mol. The first-order valence-corrected chi connectivity index (χ1v) is 7.71.